The fourth-order valence-corrected chi connectivity index (χ4v) is 6.93. The molecule has 2 heterocycles. The van der Waals surface area contributed by atoms with Crippen molar-refractivity contribution >= 4 is 45.7 Å². The number of pyridine rings is 1. The number of nitro benzene ring substituents is 2. The number of aromatic nitrogens is 1. The van der Waals surface area contributed by atoms with Crippen LogP contribution in [0.4, 0.5) is 17.1 Å². The molecule has 0 radical (unpaired) electrons. The highest BCUT2D eigenvalue weighted by molar-refractivity contribution is 5.96. The summed E-state index contributed by atoms with van der Waals surface area (Å²) in [6, 6.07) is 17.5. The van der Waals surface area contributed by atoms with E-state index in [4.69, 9.17) is 14.5 Å². The molecule has 2 aliphatic rings. The average Bonchev–Trinajstić information content (AvgIpc) is 3.72. The molecule has 4 aromatic rings. The van der Waals surface area contributed by atoms with Crippen molar-refractivity contribution in [3.63, 3.8) is 0 Å². The lowest BCUT2D eigenvalue weighted by molar-refractivity contribution is -0.422. The summed E-state index contributed by atoms with van der Waals surface area (Å²) < 4.78 is 12.1. The van der Waals surface area contributed by atoms with E-state index in [1.807, 2.05) is 30.3 Å². The number of hydrogen-bond acceptors (Lipinski definition) is 11. The number of carbonyl (C=O) groups excluding carboxylic acids is 2. The number of rotatable bonds is 13. The number of amides is 2. The third-order valence-corrected chi connectivity index (χ3v) is 10.0. The molecular weight excluding hydrogens is 712 g/mol. The lowest BCUT2D eigenvalue weighted by Crippen LogP contribution is -2.56. The molecule has 1 saturated carbocycles. The molecule has 1 aliphatic carbocycles. The van der Waals surface area contributed by atoms with Crippen LogP contribution < -0.4 is 20.1 Å². The summed E-state index contributed by atoms with van der Waals surface area (Å²) in [5.41, 5.74) is -1.84. The van der Waals surface area contributed by atoms with Gasteiger partial charge in [0, 0.05) is 53.2 Å². The van der Waals surface area contributed by atoms with E-state index in [0.717, 1.165) is 17.7 Å². The highest BCUT2D eigenvalue weighted by Gasteiger charge is 2.61. The largest absolute Gasteiger partial charge is 0.497 e. The Balaban J connectivity index is 1.37. The number of methoxy groups -OCH3 is 1. The molecule has 55 heavy (non-hydrogen) atoms. The smallest absolute Gasteiger partial charge is 0.348 e. The van der Waals surface area contributed by atoms with Crippen molar-refractivity contribution in [2.45, 2.75) is 57.3 Å². The molecule has 3 N–H and O–H groups in total. The first-order valence-corrected chi connectivity index (χ1v) is 17.4. The van der Waals surface area contributed by atoms with Gasteiger partial charge in [-0.15, -0.1) is 6.58 Å². The number of carboxylic acid groups (broad SMARTS) is 1. The summed E-state index contributed by atoms with van der Waals surface area (Å²) in [6.07, 6.45) is 0.839. The van der Waals surface area contributed by atoms with Gasteiger partial charge in [-0.1, -0.05) is 57.2 Å². The molecular formula is C39H40N6O10. The van der Waals surface area contributed by atoms with E-state index in [1.54, 1.807) is 52.1 Å². The Morgan fingerprint density at radius 2 is 1.75 bits per heavy atom. The van der Waals surface area contributed by atoms with Gasteiger partial charge in [-0.2, -0.15) is 0 Å². The Bertz CT molecular complexity index is 2210. The molecule has 1 aromatic heterocycles. The number of likely N-dealkylation sites (tertiary alicyclic amines) is 1. The molecule has 0 bridgehead atoms. The zero-order valence-electron chi connectivity index (χ0n) is 30.6. The second-order valence-electron chi connectivity index (χ2n) is 14.7. The van der Waals surface area contributed by atoms with Gasteiger partial charge in [-0.05, 0) is 30.0 Å². The predicted octanol–water partition coefficient (Wildman–Crippen LogP) is 5.75. The Kier molecular flexibility index (Phi) is 10.2. The Hall–Kier alpha value is -6.58. The SMILES string of the molecule is C=C[C@H]1CC1(NC(=O)[C@@H]1C[C@@H](Oc2cc(-c3ccccc3)nc3cc(OC)ccc23)CN1C(=O)[C@@H](Nc1ccc([N+](=O)[O-])c([N+](=O)[O-])c1)C(C)(C)C)C(=O)O. The molecule has 2 amide bonds. The van der Waals surface area contributed by atoms with Gasteiger partial charge in [0.05, 0.1) is 34.7 Å². The van der Waals surface area contributed by atoms with Crippen molar-refractivity contribution in [2.75, 3.05) is 19.0 Å². The zero-order valence-corrected chi connectivity index (χ0v) is 30.6. The van der Waals surface area contributed by atoms with E-state index >= 15 is 0 Å². The Morgan fingerprint density at radius 1 is 1.04 bits per heavy atom. The maximum absolute atomic E-state index is 14.7. The number of nitrogens with one attached hydrogen (secondary N) is 2. The van der Waals surface area contributed by atoms with Gasteiger partial charge in [0.15, 0.2) is 0 Å². The van der Waals surface area contributed by atoms with Crippen LogP contribution in [0.2, 0.25) is 0 Å². The summed E-state index contributed by atoms with van der Waals surface area (Å²) in [6.45, 7) is 8.86. The number of benzene rings is 3. The van der Waals surface area contributed by atoms with Crippen LogP contribution in [0.5, 0.6) is 11.5 Å². The second-order valence-corrected chi connectivity index (χ2v) is 14.7. The van der Waals surface area contributed by atoms with Crippen molar-refractivity contribution in [2.24, 2.45) is 11.3 Å². The molecule has 5 atom stereocenters. The first kappa shape index (κ1) is 38.2. The molecule has 1 saturated heterocycles. The number of carboxylic acids is 1. The first-order valence-electron chi connectivity index (χ1n) is 17.4. The molecule has 1 unspecified atom stereocenters. The third-order valence-electron chi connectivity index (χ3n) is 10.0. The summed E-state index contributed by atoms with van der Waals surface area (Å²) in [5, 5.41) is 39.6. The van der Waals surface area contributed by atoms with E-state index in [9.17, 15) is 39.7 Å². The number of hydrogen-bond donors (Lipinski definition) is 3. The van der Waals surface area contributed by atoms with Gasteiger partial charge in [-0.25, -0.2) is 9.78 Å². The fourth-order valence-electron chi connectivity index (χ4n) is 6.93. The Labute approximate surface area is 315 Å². The molecule has 0 spiro atoms. The van der Waals surface area contributed by atoms with E-state index in [2.05, 4.69) is 17.2 Å². The minimum Gasteiger partial charge on any atom is -0.497 e. The van der Waals surface area contributed by atoms with Crippen molar-refractivity contribution in [1.29, 1.82) is 0 Å². The summed E-state index contributed by atoms with van der Waals surface area (Å²) in [4.78, 5) is 68.7. The first-order chi connectivity index (χ1) is 26.1. The monoisotopic (exact) mass is 752 g/mol. The van der Waals surface area contributed by atoms with Crippen LogP contribution in [0.15, 0.2) is 85.5 Å². The second kappa shape index (κ2) is 14.7. The van der Waals surface area contributed by atoms with Crippen LogP contribution in [-0.4, -0.2) is 80.0 Å². The third kappa shape index (κ3) is 7.60. The van der Waals surface area contributed by atoms with Crippen molar-refractivity contribution in [3.8, 4) is 22.8 Å². The standard InChI is InChI=1S/C39H40N6O10/c1-6-23-20-39(23,37(48)49)42-35(46)32-18-26(55-33-19-28(22-10-8-7-9-11-22)41-29-17-25(54-5)13-14-27(29)33)21-43(32)36(47)34(38(2,3)4)40-24-12-15-30(44(50)51)31(16-24)45(52)53/h6-17,19,23,26,32,34,40H,1,18,20-21H2,2-5H3,(H,42,46)(H,48,49)/t23-,26+,32-,34+,39?/m0/s1. The molecule has 6 rings (SSSR count). The van der Waals surface area contributed by atoms with Gasteiger partial charge >= 0.3 is 17.3 Å². The summed E-state index contributed by atoms with van der Waals surface area (Å²) in [7, 11) is 1.55. The maximum atomic E-state index is 14.7. The van der Waals surface area contributed by atoms with E-state index in [-0.39, 0.29) is 25.1 Å². The van der Waals surface area contributed by atoms with Crippen molar-refractivity contribution in [3.05, 3.63) is 106 Å². The number of fused-ring (bicyclic) bond motifs is 1. The maximum Gasteiger partial charge on any atom is 0.348 e. The zero-order chi connectivity index (χ0) is 39.8. The highest BCUT2D eigenvalue weighted by Crippen LogP contribution is 2.45. The number of nitrogens with zero attached hydrogens (tertiary/aromatic N) is 4. The van der Waals surface area contributed by atoms with Crippen molar-refractivity contribution in [1.82, 2.24) is 15.2 Å². The number of aliphatic carboxylic acids is 1. The lowest BCUT2D eigenvalue weighted by Gasteiger charge is -2.36. The van der Waals surface area contributed by atoms with E-state index < -0.39 is 74.1 Å². The van der Waals surface area contributed by atoms with Crippen molar-refractivity contribution < 1.29 is 38.8 Å². The van der Waals surface area contributed by atoms with Gasteiger partial charge in [0.1, 0.15) is 35.2 Å². The minimum atomic E-state index is -1.57. The normalized spacial score (nSPS) is 20.9. The van der Waals surface area contributed by atoms with Gasteiger partial charge in [0.2, 0.25) is 11.8 Å². The van der Waals surface area contributed by atoms with E-state index in [1.165, 1.54) is 17.0 Å². The van der Waals surface area contributed by atoms with Crippen LogP contribution in [0.1, 0.15) is 33.6 Å². The van der Waals surface area contributed by atoms with Gasteiger partial charge < -0.3 is 30.1 Å². The van der Waals surface area contributed by atoms with Crippen LogP contribution in [0.3, 0.4) is 0 Å². The highest BCUT2D eigenvalue weighted by atomic mass is 16.6. The summed E-state index contributed by atoms with van der Waals surface area (Å²) >= 11 is 0. The number of anilines is 1. The quantitative estimate of drug-likeness (QED) is 0.0846. The molecule has 286 valence electrons. The molecule has 3 aromatic carbocycles. The van der Waals surface area contributed by atoms with Crippen LogP contribution in [0.25, 0.3) is 22.2 Å². The number of carbonyl (C=O) groups is 3. The molecule has 1 aliphatic heterocycles. The molecule has 16 heteroatoms. The fraction of sp³-hybridized carbons (Fsp3) is 0.333. The minimum absolute atomic E-state index is 0.00740. The summed E-state index contributed by atoms with van der Waals surface area (Å²) in [5.74, 6) is -1.99. The Morgan fingerprint density at radius 3 is 2.35 bits per heavy atom. The number of nitro groups is 2. The molecule has 16 nitrogen and oxygen atoms in total. The van der Waals surface area contributed by atoms with Gasteiger partial charge in [0.25, 0.3) is 0 Å². The van der Waals surface area contributed by atoms with E-state index in [0.29, 0.717) is 28.1 Å². The van der Waals surface area contributed by atoms with Crippen LogP contribution in [-0.2, 0) is 14.4 Å². The predicted molar refractivity (Wildman–Crippen MR) is 202 cm³/mol. The van der Waals surface area contributed by atoms with Gasteiger partial charge in [-0.3, -0.25) is 29.8 Å². The van der Waals surface area contributed by atoms with Crippen LogP contribution >= 0.6 is 0 Å². The van der Waals surface area contributed by atoms with Crippen LogP contribution in [0, 0.1) is 31.6 Å². The average molecular weight is 753 g/mol. The lowest BCUT2D eigenvalue weighted by atomic mass is 9.85. The topological polar surface area (TPSA) is 216 Å². The number of ether oxygens (including phenoxy) is 2. The molecule has 2 fully saturated rings.